The van der Waals surface area contributed by atoms with Crippen LogP contribution in [0.5, 0.6) is 0 Å². The molecule has 0 radical (unpaired) electrons. The lowest BCUT2D eigenvalue weighted by molar-refractivity contribution is -0.121. The highest BCUT2D eigenvalue weighted by Gasteiger charge is 2.28. The van der Waals surface area contributed by atoms with Crippen LogP contribution >= 0.6 is 0 Å². The van der Waals surface area contributed by atoms with Gasteiger partial charge in [-0.25, -0.2) is 9.97 Å². The van der Waals surface area contributed by atoms with E-state index in [-0.39, 0.29) is 17.7 Å². The first-order valence-corrected chi connectivity index (χ1v) is 9.20. The summed E-state index contributed by atoms with van der Waals surface area (Å²) in [7, 11) is 0. The van der Waals surface area contributed by atoms with Gasteiger partial charge in [0.1, 0.15) is 17.9 Å². The summed E-state index contributed by atoms with van der Waals surface area (Å²) in [6, 6.07) is 5.33. The van der Waals surface area contributed by atoms with Gasteiger partial charge in [0, 0.05) is 31.4 Å². The molecular formula is C20H21N5O3. The number of carbonyl (C=O) groups is 2. The van der Waals surface area contributed by atoms with Crippen molar-refractivity contribution in [1.29, 1.82) is 0 Å². The summed E-state index contributed by atoms with van der Waals surface area (Å²) < 4.78 is 6.84. The summed E-state index contributed by atoms with van der Waals surface area (Å²) in [5.41, 5.74) is 1.20. The molecule has 1 aliphatic rings. The fourth-order valence-electron chi connectivity index (χ4n) is 3.38. The van der Waals surface area contributed by atoms with Gasteiger partial charge in [0.15, 0.2) is 0 Å². The third kappa shape index (κ3) is 3.66. The standard InChI is InChI=1S/C20H21N5O3/c1-14-21-7-10-25(14)18-3-2-17(12-22-18)23-19(26)15-4-8-24(9-5-15)20(27)16-6-11-28-13-16/h2-3,6-7,10-13,15H,4-5,8-9H2,1H3,(H,23,26). The summed E-state index contributed by atoms with van der Waals surface area (Å²) in [6.45, 7) is 3.01. The van der Waals surface area contributed by atoms with E-state index in [2.05, 4.69) is 15.3 Å². The fourth-order valence-corrected chi connectivity index (χ4v) is 3.38. The second-order valence-corrected chi connectivity index (χ2v) is 6.82. The predicted molar refractivity (Wildman–Crippen MR) is 102 cm³/mol. The van der Waals surface area contributed by atoms with Crippen molar-refractivity contribution in [2.24, 2.45) is 5.92 Å². The van der Waals surface area contributed by atoms with Crippen molar-refractivity contribution in [3.8, 4) is 5.82 Å². The number of rotatable bonds is 4. The monoisotopic (exact) mass is 379 g/mol. The van der Waals surface area contributed by atoms with Crippen LogP contribution in [0.2, 0.25) is 0 Å². The minimum atomic E-state index is -0.121. The largest absolute Gasteiger partial charge is 0.472 e. The van der Waals surface area contributed by atoms with Crippen LogP contribution in [0.25, 0.3) is 5.82 Å². The second-order valence-electron chi connectivity index (χ2n) is 6.82. The van der Waals surface area contributed by atoms with Gasteiger partial charge in [-0.3, -0.25) is 14.2 Å². The Labute approximate surface area is 162 Å². The first-order valence-electron chi connectivity index (χ1n) is 9.20. The van der Waals surface area contributed by atoms with Gasteiger partial charge in [0.25, 0.3) is 5.91 Å². The van der Waals surface area contributed by atoms with E-state index in [4.69, 9.17) is 4.42 Å². The number of hydrogen-bond donors (Lipinski definition) is 1. The van der Waals surface area contributed by atoms with Gasteiger partial charge in [-0.1, -0.05) is 0 Å². The molecule has 2 amide bonds. The van der Waals surface area contributed by atoms with Gasteiger partial charge in [-0.2, -0.15) is 0 Å². The minimum Gasteiger partial charge on any atom is -0.472 e. The third-order valence-corrected chi connectivity index (χ3v) is 5.01. The van der Waals surface area contributed by atoms with E-state index in [1.807, 2.05) is 29.8 Å². The Morgan fingerprint density at radius 3 is 2.61 bits per heavy atom. The maximum absolute atomic E-state index is 12.6. The number of aryl methyl sites for hydroxylation is 1. The maximum Gasteiger partial charge on any atom is 0.257 e. The Bertz CT molecular complexity index is 954. The molecule has 28 heavy (non-hydrogen) atoms. The first kappa shape index (κ1) is 18.0. The Morgan fingerprint density at radius 2 is 2.00 bits per heavy atom. The number of anilines is 1. The summed E-state index contributed by atoms with van der Waals surface area (Å²) in [6.07, 6.45) is 9.41. The quantitative estimate of drug-likeness (QED) is 0.752. The van der Waals surface area contributed by atoms with Gasteiger partial charge in [0.2, 0.25) is 5.91 Å². The van der Waals surface area contributed by atoms with E-state index in [9.17, 15) is 9.59 Å². The molecule has 0 atom stereocenters. The molecule has 144 valence electrons. The zero-order valence-corrected chi connectivity index (χ0v) is 15.5. The number of pyridine rings is 1. The van der Waals surface area contributed by atoms with Crippen molar-refractivity contribution < 1.29 is 14.0 Å². The van der Waals surface area contributed by atoms with Gasteiger partial charge >= 0.3 is 0 Å². The summed E-state index contributed by atoms with van der Waals surface area (Å²) in [5, 5.41) is 2.93. The highest BCUT2D eigenvalue weighted by molar-refractivity contribution is 5.95. The molecule has 0 aromatic carbocycles. The highest BCUT2D eigenvalue weighted by atomic mass is 16.3. The highest BCUT2D eigenvalue weighted by Crippen LogP contribution is 2.21. The van der Waals surface area contributed by atoms with E-state index >= 15 is 0 Å². The smallest absolute Gasteiger partial charge is 0.257 e. The number of furan rings is 1. The van der Waals surface area contributed by atoms with Crippen LogP contribution in [-0.2, 0) is 4.79 Å². The molecule has 0 unspecified atom stereocenters. The molecule has 0 bridgehead atoms. The average Bonchev–Trinajstić information content (AvgIpc) is 3.40. The number of likely N-dealkylation sites (tertiary alicyclic amines) is 1. The Balaban J connectivity index is 1.32. The Kier molecular flexibility index (Phi) is 4.92. The molecule has 3 aromatic heterocycles. The number of aromatic nitrogens is 3. The topological polar surface area (TPSA) is 93.3 Å². The average molecular weight is 379 g/mol. The van der Waals surface area contributed by atoms with Gasteiger partial charge < -0.3 is 14.6 Å². The lowest BCUT2D eigenvalue weighted by Gasteiger charge is -2.31. The molecule has 4 heterocycles. The number of amides is 2. The molecule has 1 fully saturated rings. The second kappa shape index (κ2) is 7.67. The Morgan fingerprint density at radius 1 is 1.18 bits per heavy atom. The number of nitrogens with one attached hydrogen (secondary N) is 1. The van der Waals surface area contributed by atoms with Crippen molar-refractivity contribution in [3.63, 3.8) is 0 Å². The van der Waals surface area contributed by atoms with Crippen molar-refractivity contribution in [2.75, 3.05) is 18.4 Å². The number of imidazole rings is 1. The summed E-state index contributed by atoms with van der Waals surface area (Å²) in [4.78, 5) is 35.2. The normalized spacial score (nSPS) is 14.8. The first-order chi connectivity index (χ1) is 13.6. The number of piperidine rings is 1. The molecular weight excluding hydrogens is 358 g/mol. The van der Waals surface area contributed by atoms with Crippen LogP contribution < -0.4 is 5.32 Å². The van der Waals surface area contributed by atoms with E-state index in [0.29, 0.717) is 37.2 Å². The predicted octanol–water partition coefficient (Wildman–Crippen LogP) is 2.66. The molecule has 0 saturated carbocycles. The van der Waals surface area contributed by atoms with Gasteiger partial charge in [0.05, 0.1) is 23.7 Å². The minimum absolute atomic E-state index is 0.0382. The van der Waals surface area contributed by atoms with Crippen LogP contribution in [0.1, 0.15) is 29.0 Å². The molecule has 1 saturated heterocycles. The van der Waals surface area contributed by atoms with E-state index in [1.165, 1.54) is 12.5 Å². The van der Waals surface area contributed by atoms with Crippen LogP contribution in [0.15, 0.2) is 53.7 Å². The SMILES string of the molecule is Cc1nccn1-c1ccc(NC(=O)C2CCN(C(=O)c3ccoc3)CC2)cn1. The van der Waals surface area contributed by atoms with Crippen LogP contribution in [0, 0.1) is 12.8 Å². The van der Waals surface area contributed by atoms with Gasteiger partial charge in [-0.05, 0) is 38.0 Å². The fraction of sp³-hybridized carbons (Fsp3) is 0.300. The van der Waals surface area contributed by atoms with Crippen LogP contribution in [0.4, 0.5) is 5.69 Å². The molecule has 8 nitrogen and oxygen atoms in total. The van der Waals surface area contributed by atoms with Crippen molar-refractivity contribution in [3.05, 3.63) is 60.7 Å². The zero-order chi connectivity index (χ0) is 19.5. The summed E-state index contributed by atoms with van der Waals surface area (Å²) >= 11 is 0. The van der Waals surface area contributed by atoms with E-state index < -0.39 is 0 Å². The zero-order valence-electron chi connectivity index (χ0n) is 15.5. The Hall–Kier alpha value is -3.42. The van der Waals surface area contributed by atoms with E-state index in [0.717, 1.165) is 11.6 Å². The molecule has 1 aliphatic heterocycles. The molecule has 0 aliphatic carbocycles. The number of hydrogen-bond acceptors (Lipinski definition) is 5. The van der Waals surface area contributed by atoms with E-state index in [1.54, 1.807) is 23.4 Å². The molecule has 3 aromatic rings. The number of carbonyl (C=O) groups excluding carboxylic acids is 2. The number of nitrogens with zero attached hydrogens (tertiary/aromatic N) is 4. The van der Waals surface area contributed by atoms with Crippen LogP contribution in [-0.4, -0.2) is 44.3 Å². The van der Waals surface area contributed by atoms with Crippen molar-refractivity contribution >= 4 is 17.5 Å². The molecule has 8 heteroatoms. The van der Waals surface area contributed by atoms with Gasteiger partial charge in [-0.15, -0.1) is 0 Å². The van der Waals surface area contributed by atoms with Crippen molar-refractivity contribution in [1.82, 2.24) is 19.4 Å². The summed E-state index contributed by atoms with van der Waals surface area (Å²) in [5.74, 6) is 1.38. The van der Waals surface area contributed by atoms with Crippen LogP contribution in [0.3, 0.4) is 0 Å². The maximum atomic E-state index is 12.6. The third-order valence-electron chi connectivity index (χ3n) is 5.01. The molecule has 0 spiro atoms. The lowest BCUT2D eigenvalue weighted by Crippen LogP contribution is -2.41. The molecule has 4 rings (SSSR count). The van der Waals surface area contributed by atoms with Crippen molar-refractivity contribution in [2.45, 2.75) is 19.8 Å². The molecule has 1 N–H and O–H groups in total. The lowest BCUT2D eigenvalue weighted by atomic mass is 9.95.